The molecule has 1 aromatic carbocycles. The third-order valence-corrected chi connectivity index (χ3v) is 2.22. The van der Waals surface area contributed by atoms with Gasteiger partial charge in [-0.05, 0) is 25.1 Å². The summed E-state index contributed by atoms with van der Waals surface area (Å²) < 4.78 is 60.0. The summed E-state index contributed by atoms with van der Waals surface area (Å²) in [5.74, 6) is -2.32. The number of esters is 1. The molecule has 0 amide bonds. The monoisotopic (exact) mass is 292 g/mol. The van der Waals surface area contributed by atoms with Crippen LogP contribution in [0.1, 0.15) is 12.5 Å². The second kappa shape index (κ2) is 6.40. The first kappa shape index (κ1) is 16.0. The Kier molecular flexibility index (Phi) is 5.12. The van der Waals surface area contributed by atoms with Crippen molar-refractivity contribution in [1.82, 2.24) is 0 Å². The molecule has 1 aromatic rings. The van der Waals surface area contributed by atoms with Crippen molar-refractivity contribution in [2.24, 2.45) is 0 Å². The topological polar surface area (TPSA) is 35.5 Å². The molecule has 0 aromatic heterocycles. The third kappa shape index (κ3) is 4.25. The highest BCUT2D eigenvalue weighted by Gasteiger charge is 2.34. The molecular weight excluding hydrogens is 280 g/mol. The van der Waals surface area contributed by atoms with E-state index in [0.29, 0.717) is 12.1 Å². The number of carbonyl (C=O) groups excluding carboxylic acids is 1. The van der Waals surface area contributed by atoms with E-state index in [4.69, 9.17) is 4.74 Å². The highest BCUT2D eigenvalue weighted by molar-refractivity contribution is 5.88. The first-order valence-corrected chi connectivity index (χ1v) is 5.60. The Hall–Kier alpha value is -2.05. The summed E-state index contributed by atoms with van der Waals surface area (Å²) in [6.45, 7) is 4.78. The molecule has 0 saturated carbocycles. The SMILES string of the molecule is C=C(COc1ccc(F)c(C(F)(F)F)c1)C(=O)OCC. The maximum Gasteiger partial charge on any atom is 0.419 e. The molecule has 7 heteroatoms. The highest BCUT2D eigenvalue weighted by Crippen LogP contribution is 2.33. The molecule has 0 aliphatic rings. The smallest absolute Gasteiger partial charge is 0.419 e. The standard InChI is InChI=1S/C13H12F4O3/c1-3-19-12(18)8(2)7-20-9-4-5-11(14)10(6-9)13(15,16)17/h4-6H,2-3,7H2,1H3. The molecule has 0 N–H and O–H groups in total. The molecule has 0 fully saturated rings. The fraction of sp³-hybridized carbons (Fsp3) is 0.308. The van der Waals surface area contributed by atoms with E-state index < -0.39 is 23.5 Å². The minimum absolute atomic E-state index is 0.0512. The van der Waals surface area contributed by atoms with Crippen LogP contribution in [0.15, 0.2) is 30.4 Å². The molecule has 110 valence electrons. The number of benzene rings is 1. The van der Waals surface area contributed by atoms with Crippen LogP contribution >= 0.6 is 0 Å². The van der Waals surface area contributed by atoms with Gasteiger partial charge in [-0.2, -0.15) is 13.2 Å². The normalized spacial score (nSPS) is 11.1. The van der Waals surface area contributed by atoms with Gasteiger partial charge in [0.05, 0.1) is 17.7 Å². The number of rotatable bonds is 5. The van der Waals surface area contributed by atoms with Gasteiger partial charge in [-0.15, -0.1) is 0 Å². The fourth-order valence-electron chi connectivity index (χ4n) is 1.27. The zero-order chi connectivity index (χ0) is 15.3. The summed E-state index contributed by atoms with van der Waals surface area (Å²) in [4.78, 5) is 11.2. The van der Waals surface area contributed by atoms with Gasteiger partial charge in [0.2, 0.25) is 0 Å². The van der Waals surface area contributed by atoms with Crippen LogP contribution in [0.4, 0.5) is 17.6 Å². The molecule has 0 heterocycles. The van der Waals surface area contributed by atoms with Crippen molar-refractivity contribution in [1.29, 1.82) is 0 Å². The van der Waals surface area contributed by atoms with Gasteiger partial charge in [0.25, 0.3) is 0 Å². The van der Waals surface area contributed by atoms with E-state index in [-0.39, 0.29) is 24.5 Å². The van der Waals surface area contributed by atoms with Crippen molar-refractivity contribution < 1.29 is 31.8 Å². The summed E-state index contributed by atoms with van der Waals surface area (Å²) in [6, 6.07) is 2.20. The van der Waals surface area contributed by atoms with E-state index in [9.17, 15) is 22.4 Å². The van der Waals surface area contributed by atoms with Gasteiger partial charge in [-0.1, -0.05) is 6.58 Å². The van der Waals surface area contributed by atoms with Crippen LogP contribution in [-0.2, 0) is 15.7 Å². The maximum atomic E-state index is 13.0. The molecule has 1 rings (SSSR count). The molecule has 0 saturated heterocycles. The molecule has 0 aliphatic heterocycles. The van der Waals surface area contributed by atoms with Crippen LogP contribution in [0.5, 0.6) is 5.75 Å². The molecule has 0 bridgehead atoms. The molecular formula is C13H12F4O3. The van der Waals surface area contributed by atoms with Gasteiger partial charge in [-0.3, -0.25) is 0 Å². The van der Waals surface area contributed by atoms with E-state index in [2.05, 4.69) is 11.3 Å². The van der Waals surface area contributed by atoms with Gasteiger partial charge in [0.1, 0.15) is 18.2 Å². The van der Waals surface area contributed by atoms with E-state index in [1.165, 1.54) is 0 Å². The van der Waals surface area contributed by atoms with Crippen LogP contribution in [0.3, 0.4) is 0 Å². The lowest BCUT2D eigenvalue weighted by Gasteiger charge is -2.11. The Balaban J connectivity index is 2.75. The molecule has 0 unspecified atom stereocenters. The average molecular weight is 292 g/mol. The fourth-order valence-corrected chi connectivity index (χ4v) is 1.27. The van der Waals surface area contributed by atoms with E-state index in [1.54, 1.807) is 6.92 Å². The molecule has 20 heavy (non-hydrogen) atoms. The largest absolute Gasteiger partial charge is 0.489 e. The number of ether oxygens (including phenoxy) is 2. The average Bonchev–Trinajstić information content (AvgIpc) is 2.36. The number of hydrogen-bond acceptors (Lipinski definition) is 3. The number of halogens is 4. The van der Waals surface area contributed by atoms with Crippen molar-refractivity contribution in [2.45, 2.75) is 13.1 Å². The minimum Gasteiger partial charge on any atom is -0.489 e. The molecule has 0 aliphatic carbocycles. The third-order valence-electron chi connectivity index (χ3n) is 2.22. The predicted octanol–water partition coefficient (Wildman–Crippen LogP) is 3.34. The van der Waals surface area contributed by atoms with E-state index in [1.807, 2.05) is 0 Å². The van der Waals surface area contributed by atoms with Crippen molar-refractivity contribution in [3.05, 3.63) is 41.7 Å². The van der Waals surface area contributed by atoms with E-state index in [0.717, 1.165) is 6.07 Å². The zero-order valence-electron chi connectivity index (χ0n) is 10.6. The quantitative estimate of drug-likeness (QED) is 0.474. The first-order chi connectivity index (χ1) is 9.25. The van der Waals surface area contributed by atoms with Crippen molar-refractivity contribution in [3.63, 3.8) is 0 Å². The van der Waals surface area contributed by atoms with Gasteiger partial charge in [0, 0.05) is 0 Å². The molecule has 3 nitrogen and oxygen atoms in total. The van der Waals surface area contributed by atoms with E-state index >= 15 is 0 Å². The van der Waals surface area contributed by atoms with Crippen LogP contribution in [0.2, 0.25) is 0 Å². The van der Waals surface area contributed by atoms with Crippen LogP contribution in [-0.4, -0.2) is 19.2 Å². The predicted molar refractivity (Wildman–Crippen MR) is 62.7 cm³/mol. The Morgan fingerprint density at radius 1 is 1.35 bits per heavy atom. The number of carbonyl (C=O) groups is 1. The van der Waals surface area contributed by atoms with Gasteiger partial charge < -0.3 is 9.47 Å². The van der Waals surface area contributed by atoms with Gasteiger partial charge >= 0.3 is 12.1 Å². The number of alkyl halides is 3. The van der Waals surface area contributed by atoms with Crippen LogP contribution in [0.25, 0.3) is 0 Å². The van der Waals surface area contributed by atoms with Crippen molar-refractivity contribution >= 4 is 5.97 Å². The lowest BCUT2D eigenvalue weighted by atomic mass is 10.2. The van der Waals surface area contributed by atoms with Crippen LogP contribution < -0.4 is 4.74 Å². The second-order valence-electron chi connectivity index (χ2n) is 3.75. The number of hydrogen-bond donors (Lipinski definition) is 0. The molecule has 0 spiro atoms. The molecule has 0 atom stereocenters. The second-order valence-corrected chi connectivity index (χ2v) is 3.75. The summed E-state index contributed by atoms with van der Waals surface area (Å²) in [7, 11) is 0. The summed E-state index contributed by atoms with van der Waals surface area (Å²) in [6.07, 6.45) is -4.82. The summed E-state index contributed by atoms with van der Waals surface area (Å²) >= 11 is 0. The Labute approximate surface area is 112 Å². The summed E-state index contributed by atoms with van der Waals surface area (Å²) in [5.41, 5.74) is -1.48. The zero-order valence-corrected chi connectivity index (χ0v) is 10.6. The minimum atomic E-state index is -4.82. The first-order valence-electron chi connectivity index (χ1n) is 5.60. The highest BCUT2D eigenvalue weighted by atomic mass is 19.4. The van der Waals surface area contributed by atoms with Crippen LogP contribution in [0, 0.1) is 5.82 Å². The Morgan fingerprint density at radius 3 is 2.55 bits per heavy atom. The summed E-state index contributed by atoms with van der Waals surface area (Å²) in [5, 5.41) is 0. The maximum absolute atomic E-state index is 13.0. The van der Waals surface area contributed by atoms with Crippen molar-refractivity contribution in [3.8, 4) is 5.75 Å². The Morgan fingerprint density at radius 2 is 2.00 bits per heavy atom. The lowest BCUT2D eigenvalue weighted by molar-refractivity contribution is -0.140. The molecule has 0 radical (unpaired) electrons. The Bertz CT molecular complexity index is 509. The lowest BCUT2D eigenvalue weighted by Crippen LogP contribution is -2.14. The van der Waals surface area contributed by atoms with Crippen molar-refractivity contribution in [2.75, 3.05) is 13.2 Å². The van der Waals surface area contributed by atoms with Gasteiger partial charge in [-0.25, -0.2) is 9.18 Å². The van der Waals surface area contributed by atoms with Gasteiger partial charge in [0.15, 0.2) is 0 Å².